The predicted octanol–water partition coefficient (Wildman–Crippen LogP) is 2.94. The molecule has 0 aliphatic rings. The molecule has 1 N–H and O–H groups in total. The summed E-state index contributed by atoms with van der Waals surface area (Å²) in [6.07, 6.45) is 0.648. The van der Waals surface area contributed by atoms with Crippen molar-refractivity contribution in [2.75, 3.05) is 18.7 Å². The first-order valence-corrected chi connectivity index (χ1v) is 8.81. The first-order valence-electron chi connectivity index (χ1n) is 6.62. The van der Waals surface area contributed by atoms with E-state index in [1.54, 1.807) is 7.11 Å². The third-order valence-electron chi connectivity index (χ3n) is 3.01. The molecule has 114 valence electrons. The van der Waals surface area contributed by atoms with E-state index in [9.17, 15) is 8.42 Å². The Morgan fingerprint density at radius 3 is 2.55 bits per heavy atom. The molecule has 0 fully saturated rings. The first kappa shape index (κ1) is 17.3. The van der Waals surface area contributed by atoms with Crippen molar-refractivity contribution in [3.05, 3.63) is 29.8 Å². The highest BCUT2D eigenvalue weighted by Gasteiger charge is 2.22. The maximum absolute atomic E-state index is 12.1. The molecule has 2 atom stereocenters. The smallest absolute Gasteiger partial charge is 0.212 e. The quantitative estimate of drug-likeness (QED) is 0.749. The van der Waals surface area contributed by atoms with Crippen molar-refractivity contribution in [3.63, 3.8) is 0 Å². The maximum Gasteiger partial charge on any atom is 0.212 e. The molecule has 0 saturated carbocycles. The summed E-state index contributed by atoms with van der Waals surface area (Å²) in [4.78, 5) is 0. The van der Waals surface area contributed by atoms with E-state index in [-0.39, 0.29) is 17.7 Å². The lowest BCUT2D eigenvalue weighted by Crippen LogP contribution is -2.33. The van der Waals surface area contributed by atoms with E-state index >= 15 is 0 Å². The Morgan fingerprint density at radius 2 is 2.00 bits per heavy atom. The summed E-state index contributed by atoms with van der Waals surface area (Å²) < 4.78 is 32.3. The van der Waals surface area contributed by atoms with Gasteiger partial charge in [-0.3, -0.25) is 0 Å². The van der Waals surface area contributed by atoms with Gasteiger partial charge in [0.1, 0.15) is 5.75 Å². The van der Waals surface area contributed by atoms with E-state index in [0.29, 0.717) is 18.1 Å². The van der Waals surface area contributed by atoms with Gasteiger partial charge in [-0.2, -0.15) is 0 Å². The molecule has 0 aliphatic heterocycles. The van der Waals surface area contributed by atoms with E-state index in [0.717, 1.165) is 5.56 Å². The summed E-state index contributed by atoms with van der Waals surface area (Å²) in [6, 6.07) is 7.14. The predicted molar refractivity (Wildman–Crippen MR) is 82.8 cm³/mol. The number of methoxy groups -OCH3 is 1. The van der Waals surface area contributed by atoms with Crippen LogP contribution in [-0.4, -0.2) is 27.2 Å². The van der Waals surface area contributed by atoms with Crippen molar-refractivity contribution in [2.45, 2.75) is 26.3 Å². The molecule has 0 saturated heterocycles. The number of ether oxygens (including phenoxy) is 1. The summed E-state index contributed by atoms with van der Waals surface area (Å²) in [5.74, 6) is 0.964. The lowest BCUT2D eigenvalue weighted by molar-refractivity contribution is 0.402. The monoisotopic (exact) mass is 319 g/mol. The molecule has 0 aliphatic carbocycles. The van der Waals surface area contributed by atoms with Crippen molar-refractivity contribution >= 4 is 21.6 Å². The SMILES string of the molecule is CCC(NS(=O)(=O)CC(C)CCl)c1ccccc1OC. The third kappa shape index (κ3) is 4.96. The van der Waals surface area contributed by atoms with Gasteiger partial charge < -0.3 is 4.74 Å². The van der Waals surface area contributed by atoms with Crippen LogP contribution in [0, 0.1) is 5.92 Å². The van der Waals surface area contributed by atoms with Gasteiger partial charge in [0.05, 0.1) is 18.9 Å². The number of rotatable bonds is 8. The highest BCUT2D eigenvalue weighted by Crippen LogP contribution is 2.27. The molecule has 2 unspecified atom stereocenters. The highest BCUT2D eigenvalue weighted by atomic mass is 35.5. The zero-order valence-corrected chi connectivity index (χ0v) is 13.7. The van der Waals surface area contributed by atoms with E-state index in [1.807, 2.05) is 38.1 Å². The van der Waals surface area contributed by atoms with Crippen LogP contribution in [0.2, 0.25) is 0 Å². The molecule has 4 nitrogen and oxygen atoms in total. The highest BCUT2D eigenvalue weighted by molar-refractivity contribution is 7.89. The Morgan fingerprint density at radius 1 is 1.35 bits per heavy atom. The number of benzene rings is 1. The van der Waals surface area contributed by atoms with Crippen LogP contribution in [0.25, 0.3) is 0 Å². The fourth-order valence-corrected chi connectivity index (χ4v) is 3.93. The van der Waals surface area contributed by atoms with Crippen molar-refractivity contribution < 1.29 is 13.2 Å². The summed E-state index contributed by atoms with van der Waals surface area (Å²) in [5.41, 5.74) is 0.847. The molecule has 0 radical (unpaired) electrons. The van der Waals surface area contributed by atoms with Crippen LogP contribution in [0.5, 0.6) is 5.75 Å². The van der Waals surface area contributed by atoms with E-state index in [4.69, 9.17) is 16.3 Å². The van der Waals surface area contributed by atoms with Crippen LogP contribution in [0.15, 0.2) is 24.3 Å². The molecule has 1 aromatic carbocycles. The minimum atomic E-state index is -3.37. The number of halogens is 1. The Hall–Kier alpha value is -0.780. The molecule has 20 heavy (non-hydrogen) atoms. The normalized spacial score (nSPS) is 14.8. The van der Waals surface area contributed by atoms with Gasteiger partial charge in [0.15, 0.2) is 0 Å². The molecular formula is C14H22ClNO3S. The van der Waals surface area contributed by atoms with Crippen molar-refractivity contribution in [1.29, 1.82) is 0 Å². The topological polar surface area (TPSA) is 55.4 Å². The minimum absolute atomic E-state index is 0.0299. The Labute approximate surface area is 126 Å². The third-order valence-corrected chi connectivity index (χ3v) is 5.19. The Kier molecular flexibility index (Phi) is 6.79. The van der Waals surface area contributed by atoms with Crippen LogP contribution >= 0.6 is 11.6 Å². The lowest BCUT2D eigenvalue weighted by Gasteiger charge is -2.20. The lowest BCUT2D eigenvalue weighted by atomic mass is 10.0. The molecule has 1 aromatic rings. The maximum atomic E-state index is 12.1. The van der Waals surface area contributed by atoms with Crippen molar-refractivity contribution in [1.82, 2.24) is 4.72 Å². The number of nitrogens with one attached hydrogen (secondary N) is 1. The molecule has 0 spiro atoms. The number of para-hydroxylation sites is 1. The zero-order valence-electron chi connectivity index (χ0n) is 12.1. The Balaban J connectivity index is 2.92. The molecule has 0 aromatic heterocycles. The van der Waals surface area contributed by atoms with Gasteiger partial charge >= 0.3 is 0 Å². The van der Waals surface area contributed by atoms with Gasteiger partial charge in [0.25, 0.3) is 0 Å². The van der Waals surface area contributed by atoms with Crippen molar-refractivity contribution in [2.24, 2.45) is 5.92 Å². The second-order valence-electron chi connectivity index (χ2n) is 4.86. The fourth-order valence-electron chi connectivity index (χ4n) is 2.01. The fraction of sp³-hybridized carbons (Fsp3) is 0.571. The van der Waals surface area contributed by atoms with Gasteiger partial charge in [0, 0.05) is 11.4 Å². The summed E-state index contributed by atoms with van der Waals surface area (Å²) in [6.45, 7) is 3.75. The molecule has 6 heteroatoms. The largest absolute Gasteiger partial charge is 0.496 e. The van der Waals surface area contributed by atoms with Crippen LogP contribution in [0.3, 0.4) is 0 Å². The van der Waals surface area contributed by atoms with E-state index in [1.165, 1.54) is 0 Å². The molecule has 0 bridgehead atoms. The van der Waals surface area contributed by atoms with Gasteiger partial charge in [-0.25, -0.2) is 13.1 Å². The standard InChI is InChI=1S/C14H22ClNO3S/c1-4-13(12-7-5-6-8-14(12)19-3)16-20(17,18)10-11(2)9-15/h5-8,11,13,16H,4,9-10H2,1-3H3. The number of hydrogen-bond acceptors (Lipinski definition) is 3. The second kappa shape index (κ2) is 7.86. The van der Waals surface area contributed by atoms with Crippen LogP contribution in [-0.2, 0) is 10.0 Å². The molecule has 0 amide bonds. The molecular weight excluding hydrogens is 298 g/mol. The molecule has 1 rings (SSSR count). The summed E-state index contributed by atoms with van der Waals surface area (Å²) in [7, 11) is -1.79. The van der Waals surface area contributed by atoms with E-state index in [2.05, 4.69) is 4.72 Å². The average molecular weight is 320 g/mol. The Bertz CT molecular complexity index is 519. The zero-order chi connectivity index (χ0) is 15.2. The van der Waals surface area contributed by atoms with Crippen LogP contribution in [0.1, 0.15) is 31.9 Å². The van der Waals surface area contributed by atoms with E-state index < -0.39 is 10.0 Å². The number of sulfonamides is 1. The van der Waals surface area contributed by atoms with Gasteiger partial charge in [0.2, 0.25) is 10.0 Å². The summed E-state index contributed by atoms with van der Waals surface area (Å²) >= 11 is 5.68. The van der Waals surface area contributed by atoms with Gasteiger partial charge in [-0.05, 0) is 18.4 Å². The van der Waals surface area contributed by atoms with Crippen LogP contribution < -0.4 is 9.46 Å². The van der Waals surface area contributed by atoms with Crippen molar-refractivity contribution in [3.8, 4) is 5.75 Å². The average Bonchev–Trinajstić information content (AvgIpc) is 2.44. The van der Waals surface area contributed by atoms with Gasteiger partial charge in [-0.15, -0.1) is 11.6 Å². The molecule has 0 heterocycles. The summed E-state index contributed by atoms with van der Waals surface area (Å²) in [5, 5.41) is 0. The van der Waals surface area contributed by atoms with Gasteiger partial charge in [-0.1, -0.05) is 32.0 Å². The first-order chi connectivity index (χ1) is 9.43. The second-order valence-corrected chi connectivity index (χ2v) is 6.97. The van der Waals surface area contributed by atoms with Crippen LogP contribution in [0.4, 0.5) is 0 Å². The number of hydrogen-bond donors (Lipinski definition) is 1. The minimum Gasteiger partial charge on any atom is -0.496 e. The number of alkyl halides is 1.